The van der Waals surface area contributed by atoms with Crippen molar-refractivity contribution in [3.63, 3.8) is 0 Å². The van der Waals surface area contributed by atoms with Gasteiger partial charge in [0.1, 0.15) is 0 Å². The standard InChI is InChI=1S/C4H9NS.3C2H6/c1-3-6-4-2-5-1;3*1-2/h5H,1-4H2;3*1-2H3. The van der Waals surface area contributed by atoms with E-state index in [9.17, 15) is 0 Å². The molecule has 1 heterocycles. The summed E-state index contributed by atoms with van der Waals surface area (Å²) in [7, 11) is 0. The summed E-state index contributed by atoms with van der Waals surface area (Å²) in [6.07, 6.45) is 0. The zero-order chi connectivity index (χ0) is 10.2. The van der Waals surface area contributed by atoms with Crippen LogP contribution in [0.5, 0.6) is 0 Å². The summed E-state index contributed by atoms with van der Waals surface area (Å²) in [5.41, 5.74) is 0. The molecular weight excluding hydrogens is 166 g/mol. The van der Waals surface area contributed by atoms with E-state index < -0.39 is 0 Å². The van der Waals surface area contributed by atoms with Crippen molar-refractivity contribution >= 4 is 11.8 Å². The Bertz CT molecular complexity index is 25.3. The molecule has 0 atom stereocenters. The lowest BCUT2D eigenvalue weighted by atomic mass is 10.6. The van der Waals surface area contributed by atoms with E-state index in [1.165, 1.54) is 24.6 Å². The van der Waals surface area contributed by atoms with Crippen molar-refractivity contribution in [1.29, 1.82) is 0 Å². The molecule has 0 spiro atoms. The average Bonchev–Trinajstić information content (AvgIpc) is 2.29. The summed E-state index contributed by atoms with van der Waals surface area (Å²) >= 11 is 2.03. The summed E-state index contributed by atoms with van der Waals surface area (Å²) in [6.45, 7) is 14.4. The van der Waals surface area contributed by atoms with Crippen molar-refractivity contribution in [2.24, 2.45) is 0 Å². The van der Waals surface area contributed by atoms with Gasteiger partial charge < -0.3 is 5.32 Å². The first-order valence-corrected chi connectivity index (χ1v) is 6.44. The molecule has 1 aliphatic rings. The van der Waals surface area contributed by atoms with Gasteiger partial charge in [0.25, 0.3) is 0 Å². The monoisotopic (exact) mass is 193 g/mol. The van der Waals surface area contributed by atoms with Crippen molar-refractivity contribution in [2.45, 2.75) is 41.5 Å². The van der Waals surface area contributed by atoms with Crippen LogP contribution >= 0.6 is 11.8 Å². The minimum Gasteiger partial charge on any atom is -0.315 e. The van der Waals surface area contributed by atoms with Crippen LogP contribution in [0.2, 0.25) is 0 Å². The molecule has 0 amide bonds. The molecule has 1 fully saturated rings. The predicted octanol–water partition coefficient (Wildman–Crippen LogP) is 3.40. The van der Waals surface area contributed by atoms with Gasteiger partial charge in [-0.3, -0.25) is 0 Å². The average molecular weight is 193 g/mol. The molecule has 1 saturated heterocycles. The molecule has 0 aliphatic carbocycles. The fourth-order valence-corrected chi connectivity index (χ4v) is 1.30. The second-order valence-corrected chi connectivity index (χ2v) is 2.59. The van der Waals surface area contributed by atoms with Crippen LogP contribution in [0.25, 0.3) is 0 Å². The molecular formula is C10H27NS. The van der Waals surface area contributed by atoms with E-state index in [-0.39, 0.29) is 0 Å². The van der Waals surface area contributed by atoms with Gasteiger partial charge >= 0.3 is 0 Å². The molecule has 0 aromatic carbocycles. The highest BCUT2D eigenvalue weighted by Gasteiger charge is 1.93. The lowest BCUT2D eigenvalue weighted by molar-refractivity contribution is 0.756. The van der Waals surface area contributed by atoms with Gasteiger partial charge in [-0.25, -0.2) is 0 Å². The lowest BCUT2D eigenvalue weighted by Gasteiger charge is -2.08. The van der Waals surface area contributed by atoms with Gasteiger partial charge in [-0.05, 0) is 0 Å². The Morgan fingerprint density at radius 2 is 1.08 bits per heavy atom. The Labute approximate surface area is 83.7 Å². The zero-order valence-corrected chi connectivity index (χ0v) is 10.6. The molecule has 2 heteroatoms. The van der Waals surface area contributed by atoms with Crippen molar-refractivity contribution in [2.75, 3.05) is 24.6 Å². The van der Waals surface area contributed by atoms with Gasteiger partial charge in [0.05, 0.1) is 0 Å². The topological polar surface area (TPSA) is 12.0 Å². The lowest BCUT2D eigenvalue weighted by Crippen LogP contribution is -2.24. The van der Waals surface area contributed by atoms with E-state index in [0.29, 0.717) is 0 Å². The highest BCUT2D eigenvalue weighted by atomic mass is 32.2. The number of hydrogen-bond acceptors (Lipinski definition) is 2. The van der Waals surface area contributed by atoms with Gasteiger partial charge in [-0.15, -0.1) is 0 Å². The summed E-state index contributed by atoms with van der Waals surface area (Å²) in [6, 6.07) is 0. The summed E-state index contributed by atoms with van der Waals surface area (Å²) in [5.74, 6) is 2.61. The first-order chi connectivity index (χ1) is 6.00. The summed E-state index contributed by atoms with van der Waals surface area (Å²) in [4.78, 5) is 0. The molecule has 1 rings (SSSR count). The Morgan fingerprint density at radius 1 is 0.750 bits per heavy atom. The normalized spacial score (nSPS) is 13.5. The molecule has 78 valence electrons. The zero-order valence-electron chi connectivity index (χ0n) is 9.74. The molecule has 0 bridgehead atoms. The maximum Gasteiger partial charge on any atom is 0.00585 e. The third-order valence-corrected chi connectivity index (χ3v) is 1.83. The van der Waals surface area contributed by atoms with Crippen LogP contribution in [-0.2, 0) is 0 Å². The molecule has 1 aliphatic heterocycles. The maximum atomic E-state index is 3.26. The smallest absolute Gasteiger partial charge is 0.00585 e. The van der Waals surface area contributed by atoms with E-state index in [1.54, 1.807) is 0 Å². The van der Waals surface area contributed by atoms with Gasteiger partial charge in [0.2, 0.25) is 0 Å². The Kier molecular flexibility index (Phi) is 45.7. The molecule has 0 saturated carbocycles. The fraction of sp³-hybridized carbons (Fsp3) is 1.00. The highest BCUT2D eigenvalue weighted by Crippen LogP contribution is 1.99. The van der Waals surface area contributed by atoms with Crippen LogP contribution in [0.1, 0.15) is 41.5 Å². The third-order valence-electron chi connectivity index (χ3n) is 0.846. The second-order valence-electron chi connectivity index (χ2n) is 1.36. The fourth-order valence-electron chi connectivity index (χ4n) is 0.516. The molecule has 0 aromatic heterocycles. The van der Waals surface area contributed by atoms with E-state index >= 15 is 0 Å². The van der Waals surface area contributed by atoms with Crippen LogP contribution in [-0.4, -0.2) is 24.6 Å². The second kappa shape index (κ2) is 30.2. The minimum atomic E-state index is 1.21. The largest absolute Gasteiger partial charge is 0.315 e. The molecule has 1 N–H and O–H groups in total. The van der Waals surface area contributed by atoms with E-state index in [0.717, 1.165) is 0 Å². The predicted molar refractivity (Wildman–Crippen MR) is 64.2 cm³/mol. The first kappa shape index (κ1) is 18.2. The van der Waals surface area contributed by atoms with Crippen LogP contribution in [0.3, 0.4) is 0 Å². The minimum absolute atomic E-state index is 1.21. The molecule has 0 unspecified atom stereocenters. The summed E-state index contributed by atoms with van der Waals surface area (Å²) < 4.78 is 0. The quantitative estimate of drug-likeness (QED) is 0.633. The Hall–Kier alpha value is 0.310. The Balaban J connectivity index is -0.000000117. The SMILES string of the molecule is C1CSCCN1.CC.CC.CC. The summed E-state index contributed by atoms with van der Waals surface area (Å²) in [5, 5.41) is 3.26. The molecule has 0 aromatic rings. The van der Waals surface area contributed by atoms with Crippen molar-refractivity contribution in [3.05, 3.63) is 0 Å². The van der Waals surface area contributed by atoms with Crippen LogP contribution < -0.4 is 5.32 Å². The number of thioether (sulfide) groups is 1. The van der Waals surface area contributed by atoms with Crippen LogP contribution in [0.15, 0.2) is 0 Å². The van der Waals surface area contributed by atoms with Gasteiger partial charge in [-0.1, -0.05) is 41.5 Å². The molecule has 0 radical (unpaired) electrons. The molecule has 1 nitrogen and oxygen atoms in total. The van der Waals surface area contributed by atoms with Gasteiger partial charge in [-0.2, -0.15) is 11.8 Å². The molecule has 12 heavy (non-hydrogen) atoms. The number of rotatable bonds is 0. The maximum absolute atomic E-state index is 3.26. The van der Waals surface area contributed by atoms with Crippen molar-refractivity contribution in [1.82, 2.24) is 5.32 Å². The van der Waals surface area contributed by atoms with Gasteiger partial charge in [0.15, 0.2) is 0 Å². The Morgan fingerprint density at radius 3 is 1.17 bits per heavy atom. The van der Waals surface area contributed by atoms with Crippen molar-refractivity contribution < 1.29 is 0 Å². The van der Waals surface area contributed by atoms with E-state index in [2.05, 4.69) is 5.32 Å². The van der Waals surface area contributed by atoms with E-state index in [1.807, 2.05) is 53.3 Å². The highest BCUT2D eigenvalue weighted by molar-refractivity contribution is 7.99. The number of nitrogens with one attached hydrogen (secondary N) is 1. The van der Waals surface area contributed by atoms with Crippen LogP contribution in [0, 0.1) is 0 Å². The number of hydrogen-bond donors (Lipinski definition) is 1. The van der Waals surface area contributed by atoms with Crippen LogP contribution in [0.4, 0.5) is 0 Å². The van der Waals surface area contributed by atoms with E-state index in [4.69, 9.17) is 0 Å². The van der Waals surface area contributed by atoms with Crippen molar-refractivity contribution in [3.8, 4) is 0 Å². The third kappa shape index (κ3) is 22.4. The van der Waals surface area contributed by atoms with Gasteiger partial charge in [0, 0.05) is 24.6 Å². The first-order valence-electron chi connectivity index (χ1n) is 5.28.